The standard InChI is InChI=1S/C22H24N4O2S/c27-20(23-11-10-16-6-2-1-3-7-16)15-24-21(28)17-8-9-18-19(14-17)29-22(25-18)26-12-4-5-13-26/h4-6,8-9,12-14H,1-3,7,10-11,15H2,(H,23,27)(H,24,28). The first-order valence-corrected chi connectivity index (χ1v) is 10.8. The molecule has 6 nitrogen and oxygen atoms in total. The number of carbonyl (C=O) groups is 2. The Hall–Kier alpha value is -2.93. The van der Waals surface area contributed by atoms with Crippen LogP contribution in [0.2, 0.25) is 0 Å². The first-order valence-electron chi connectivity index (χ1n) is 9.96. The highest BCUT2D eigenvalue weighted by Gasteiger charge is 2.12. The molecule has 0 aliphatic heterocycles. The van der Waals surface area contributed by atoms with Crippen molar-refractivity contribution in [2.75, 3.05) is 13.1 Å². The number of benzene rings is 1. The van der Waals surface area contributed by atoms with Crippen molar-refractivity contribution in [3.05, 3.63) is 59.9 Å². The number of allylic oxidation sites excluding steroid dienone is 1. The van der Waals surface area contributed by atoms with Crippen LogP contribution in [0.1, 0.15) is 42.5 Å². The van der Waals surface area contributed by atoms with Crippen LogP contribution in [0.25, 0.3) is 15.3 Å². The van der Waals surface area contributed by atoms with Crippen LogP contribution in [-0.4, -0.2) is 34.5 Å². The normalized spacial score (nSPS) is 13.9. The molecular weight excluding hydrogens is 384 g/mol. The number of thiazole rings is 1. The molecular formula is C22H24N4O2S. The van der Waals surface area contributed by atoms with Crippen LogP contribution in [0.3, 0.4) is 0 Å². The van der Waals surface area contributed by atoms with E-state index in [1.165, 1.54) is 29.8 Å². The van der Waals surface area contributed by atoms with Crippen molar-refractivity contribution in [2.45, 2.75) is 32.1 Å². The van der Waals surface area contributed by atoms with Crippen LogP contribution in [-0.2, 0) is 4.79 Å². The third-order valence-electron chi connectivity index (χ3n) is 5.03. The summed E-state index contributed by atoms with van der Waals surface area (Å²) in [5.41, 5.74) is 2.81. The van der Waals surface area contributed by atoms with Gasteiger partial charge in [-0.05, 0) is 62.4 Å². The van der Waals surface area contributed by atoms with Crippen LogP contribution in [0, 0.1) is 0 Å². The fourth-order valence-electron chi connectivity index (χ4n) is 3.45. The van der Waals surface area contributed by atoms with Crippen LogP contribution in [0.5, 0.6) is 0 Å². The van der Waals surface area contributed by atoms with Crippen molar-refractivity contribution < 1.29 is 9.59 Å². The monoisotopic (exact) mass is 408 g/mol. The van der Waals surface area contributed by atoms with Crippen LogP contribution in [0.15, 0.2) is 54.4 Å². The van der Waals surface area contributed by atoms with E-state index in [0.717, 1.165) is 34.6 Å². The summed E-state index contributed by atoms with van der Waals surface area (Å²) in [4.78, 5) is 29.0. The first kappa shape index (κ1) is 19.4. The maximum absolute atomic E-state index is 12.4. The highest BCUT2D eigenvalue weighted by molar-refractivity contribution is 7.20. The number of aromatic nitrogens is 2. The van der Waals surface area contributed by atoms with E-state index in [1.807, 2.05) is 41.2 Å². The summed E-state index contributed by atoms with van der Waals surface area (Å²) in [6, 6.07) is 9.29. The molecule has 2 amide bonds. The number of amides is 2. The molecule has 0 saturated heterocycles. The fourth-order valence-corrected chi connectivity index (χ4v) is 4.42. The van der Waals surface area contributed by atoms with Gasteiger partial charge in [-0.25, -0.2) is 4.98 Å². The van der Waals surface area contributed by atoms with Gasteiger partial charge in [0.2, 0.25) is 5.91 Å². The van der Waals surface area contributed by atoms with E-state index in [-0.39, 0.29) is 18.4 Å². The largest absolute Gasteiger partial charge is 0.354 e. The molecule has 7 heteroatoms. The number of carbonyl (C=O) groups excluding carboxylic acids is 2. The van der Waals surface area contributed by atoms with Crippen LogP contribution < -0.4 is 10.6 Å². The van der Waals surface area contributed by atoms with Gasteiger partial charge in [-0.2, -0.15) is 0 Å². The molecule has 150 valence electrons. The van der Waals surface area contributed by atoms with Gasteiger partial charge in [0.15, 0.2) is 5.13 Å². The Morgan fingerprint density at radius 1 is 1.14 bits per heavy atom. The minimum absolute atomic E-state index is 0.0206. The zero-order valence-electron chi connectivity index (χ0n) is 16.2. The zero-order chi connectivity index (χ0) is 20.1. The maximum atomic E-state index is 12.4. The first-order chi connectivity index (χ1) is 14.2. The minimum Gasteiger partial charge on any atom is -0.354 e. The van der Waals surface area contributed by atoms with E-state index in [9.17, 15) is 9.59 Å². The number of nitrogens with zero attached hydrogens (tertiary/aromatic N) is 2. The summed E-state index contributed by atoms with van der Waals surface area (Å²) in [6.45, 7) is 0.600. The van der Waals surface area contributed by atoms with Crippen LogP contribution in [0.4, 0.5) is 0 Å². The van der Waals surface area contributed by atoms with Crippen molar-refractivity contribution in [1.29, 1.82) is 0 Å². The van der Waals surface area contributed by atoms with Crippen molar-refractivity contribution in [1.82, 2.24) is 20.2 Å². The molecule has 4 rings (SSSR count). The lowest BCUT2D eigenvalue weighted by Crippen LogP contribution is -2.37. The predicted octanol–water partition coefficient (Wildman–Crippen LogP) is 3.82. The second-order valence-corrected chi connectivity index (χ2v) is 8.17. The Morgan fingerprint density at radius 3 is 2.79 bits per heavy atom. The van der Waals surface area contributed by atoms with Crippen molar-refractivity contribution in [3.63, 3.8) is 0 Å². The Balaban J connectivity index is 1.29. The molecule has 1 aliphatic rings. The summed E-state index contributed by atoms with van der Waals surface area (Å²) >= 11 is 1.52. The van der Waals surface area contributed by atoms with E-state index in [2.05, 4.69) is 21.7 Å². The predicted molar refractivity (Wildman–Crippen MR) is 115 cm³/mol. The lowest BCUT2D eigenvalue weighted by molar-refractivity contribution is -0.120. The number of rotatable bonds is 7. The summed E-state index contributed by atoms with van der Waals surface area (Å²) in [5.74, 6) is -0.420. The van der Waals surface area contributed by atoms with E-state index in [1.54, 1.807) is 6.07 Å². The Bertz CT molecular complexity index is 1040. The molecule has 2 heterocycles. The summed E-state index contributed by atoms with van der Waals surface area (Å²) < 4.78 is 2.88. The number of fused-ring (bicyclic) bond motifs is 1. The molecule has 0 saturated carbocycles. The quantitative estimate of drug-likeness (QED) is 0.584. The SMILES string of the molecule is O=C(CNC(=O)c1ccc2nc(-n3cccc3)sc2c1)NCCC1=CCCCC1. The summed E-state index contributed by atoms with van der Waals surface area (Å²) in [6.07, 6.45) is 11.9. The topological polar surface area (TPSA) is 76.0 Å². The van der Waals surface area contributed by atoms with Gasteiger partial charge in [0.25, 0.3) is 5.91 Å². The molecule has 0 atom stereocenters. The van der Waals surface area contributed by atoms with Gasteiger partial charge in [0, 0.05) is 24.5 Å². The van der Waals surface area contributed by atoms with Gasteiger partial charge < -0.3 is 15.2 Å². The Labute approximate surface area is 173 Å². The minimum atomic E-state index is -0.257. The highest BCUT2D eigenvalue weighted by Crippen LogP contribution is 2.26. The van der Waals surface area contributed by atoms with Gasteiger partial charge in [-0.15, -0.1) is 0 Å². The fraction of sp³-hybridized carbons (Fsp3) is 0.318. The van der Waals surface area contributed by atoms with E-state index >= 15 is 0 Å². The van der Waals surface area contributed by atoms with Crippen molar-refractivity contribution >= 4 is 33.4 Å². The van der Waals surface area contributed by atoms with Crippen molar-refractivity contribution in [3.8, 4) is 5.13 Å². The number of hydrogen-bond donors (Lipinski definition) is 2. The molecule has 0 fully saturated rings. The van der Waals surface area contributed by atoms with Crippen LogP contribution >= 0.6 is 11.3 Å². The molecule has 0 radical (unpaired) electrons. The van der Waals surface area contributed by atoms with E-state index in [0.29, 0.717) is 12.1 Å². The molecule has 2 aromatic heterocycles. The number of nitrogens with one attached hydrogen (secondary N) is 2. The summed E-state index contributed by atoms with van der Waals surface area (Å²) in [5, 5.41) is 6.44. The average Bonchev–Trinajstić information content (AvgIpc) is 3.41. The average molecular weight is 409 g/mol. The molecule has 1 aliphatic carbocycles. The third kappa shape index (κ3) is 4.92. The van der Waals surface area contributed by atoms with E-state index < -0.39 is 0 Å². The molecule has 0 unspecified atom stereocenters. The maximum Gasteiger partial charge on any atom is 0.251 e. The lowest BCUT2D eigenvalue weighted by Gasteiger charge is -2.13. The molecule has 29 heavy (non-hydrogen) atoms. The van der Waals surface area contributed by atoms with Gasteiger partial charge in [-0.3, -0.25) is 9.59 Å². The smallest absolute Gasteiger partial charge is 0.251 e. The molecule has 1 aromatic carbocycles. The highest BCUT2D eigenvalue weighted by atomic mass is 32.1. The van der Waals surface area contributed by atoms with E-state index in [4.69, 9.17) is 0 Å². The van der Waals surface area contributed by atoms with Crippen molar-refractivity contribution in [2.24, 2.45) is 0 Å². The van der Waals surface area contributed by atoms with Gasteiger partial charge >= 0.3 is 0 Å². The zero-order valence-corrected chi connectivity index (χ0v) is 17.0. The molecule has 0 spiro atoms. The molecule has 3 aromatic rings. The molecule has 0 bridgehead atoms. The number of hydrogen-bond acceptors (Lipinski definition) is 4. The second kappa shape index (κ2) is 9.05. The summed E-state index contributed by atoms with van der Waals surface area (Å²) in [7, 11) is 0. The molecule has 2 N–H and O–H groups in total. The van der Waals surface area contributed by atoms with Gasteiger partial charge in [0.1, 0.15) is 0 Å². The third-order valence-corrected chi connectivity index (χ3v) is 6.06. The van der Waals surface area contributed by atoms with Gasteiger partial charge in [-0.1, -0.05) is 23.0 Å². The second-order valence-electron chi connectivity index (χ2n) is 7.16. The lowest BCUT2D eigenvalue weighted by atomic mass is 9.97. The van der Waals surface area contributed by atoms with Gasteiger partial charge in [0.05, 0.1) is 16.8 Å². The Kier molecular flexibility index (Phi) is 6.05. The Morgan fingerprint density at radius 2 is 2.00 bits per heavy atom.